The van der Waals surface area contributed by atoms with Gasteiger partial charge in [-0.1, -0.05) is 6.42 Å². The van der Waals surface area contributed by atoms with E-state index in [9.17, 15) is 9.59 Å². The molecule has 2 saturated carbocycles. The van der Waals surface area contributed by atoms with E-state index < -0.39 is 5.91 Å². The molecule has 0 spiro atoms. The van der Waals surface area contributed by atoms with Gasteiger partial charge in [-0.2, -0.15) is 5.10 Å². The quantitative estimate of drug-likeness (QED) is 0.779. The average molecular weight is 313 g/mol. The van der Waals surface area contributed by atoms with Crippen molar-refractivity contribution in [2.75, 3.05) is 0 Å². The van der Waals surface area contributed by atoms with Crippen molar-refractivity contribution in [2.24, 2.45) is 0 Å². The van der Waals surface area contributed by atoms with Gasteiger partial charge < -0.3 is 10.3 Å². The Kier molecular flexibility index (Phi) is 3.48. The summed E-state index contributed by atoms with van der Waals surface area (Å²) in [5, 5.41) is 9.74. The van der Waals surface area contributed by atoms with Crippen molar-refractivity contribution in [1.29, 1.82) is 0 Å². The minimum Gasteiger partial charge on any atom is -0.346 e. The molecule has 3 N–H and O–H groups in total. The van der Waals surface area contributed by atoms with Crippen molar-refractivity contribution in [3.8, 4) is 0 Å². The van der Waals surface area contributed by atoms with Gasteiger partial charge in [0, 0.05) is 12.1 Å². The van der Waals surface area contributed by atoms with Crippen molar-refractivity contribution in [3.05, 3.63) is 45.4 Å². The molecule has 120 valence electrons. The predicted molar refractivity (Wildman–Crippen MR) is 83.2 cm³/mol. The SMILES string of the molecule is O=C(NCc1[nH]ncc1C1CC1)c1cnc(C2CCC2)[nH]c1=O. The second kappa shape index (κ2) is 5.64. The molecule has 7 nitrogen and oxygen atoms in total. The first-order chi connectivity index (χ1) is 11.2. The van der Waals surface area contributed by atoms with E-state index in [4.69, 9.17) is 0 Å². The zero-order valence-corrected chi connectivity index (χ0v) is 12.8. The van der Waals surface area contributed by atoms with Crippen LogP contribution in [0.2, 0.25) is 0 Å². The number of nitrogens with one attached hydrogen (secondary N) is 3. The Morgan fingerprint density at radius 2 is 2.04 bits per heavy atom. The highest BCUT2D eigenvalue weighted by atomic mass is 16.2. The van der Waals surface area contributed by atoms with Crippen molar-refractivity contribution < 1.29 is 4.79 Å². The van der Waals surface area contributed by atoms with Crippen molar-refractivity contribution in [1.82, 2.24) is 25.5 Å². The lowest BCUT2D eigenvalue weighted by atomic mass is 9.85. The number of hydrogen-bond acceptors (Lipinski definition) is 4. The number of aromatic amines is 2. The van der Waals surface area contributed by atoms with E-state index in [1.807, 2.05) is 6.20 Å². The van der Waals surface area contributed by atoms with Gasteiger partial charge in [0.05, 0.1) is 18.4 Å². The van der Waals surface area contributed by atoms with Crippen LogP contribution in [0, 0.1) is 0 Å². The number of carbonyl (C=O) groups is 1. The average Bonchev–Trinajstić information content (AvgIpc) is 3.22. The largest absolute Gasteiger partial charge is 0.346 e. The summed E-state index contributed by atoms with van der Waals surface area (Å²) in [6.07, 6.45) is 8.83. The van der Waals surface area contributed by atoms with Crippen molar-refractivity contribution in [2.45, 2.75) is 50.5 Å². The molecule has 1 amide bonds. The van der Waals surface area contributed by atoms with Gasteiger partial charge in [-0.15, -0.1) is 0 Å². The molecule has 0 aromatic carbocycles. The number of carbonyl (C=O) groups excluding carboxylic acids is 1. The van der Waals surface area contributed by atoms with Gasteiger partial charge >= 0.3 is 0 Å². The molecule has 2 aromatic heterocycles. The Hall–Kier alpha value is -2.44. The van der Waals surface area contributed by atoms with E-state index >= 15 is 0 Å². The monoisotopic (exact) mass is 313 g/mol. The number of nitrogens with zero attached hydrogens (tertiary/aromatic N) is 2. The number of rotatable bonds is 5. The molecular formula is C16H19N5O2. The summed E-state index contributed by atoms with van der Waals surface area (Å²) >= 11 is 0. The van der Waals surface area contributed by atoms with Gasteiger partial charge in [0.2, 0.25) is 0 Å². The fourth-order valence-corrected chi connectivity index (χ4v) is 2.93. The molecule has 2 fully saturated rings. The van der Waals surface area contributed by atoms with Gasteiger partial charge in [-0.25, -0.2) is 4.98 Å². The minimum absolute atomic E-state index is 0.0561. The standard InChI is InChI=1S/C16H19N5O2/c22-15(18-8-13-11(7-19-21-13)9-4-5-9)12-6-17-14(20-16(12)23)10-2-1-3-10/h6-7,9-10H,1-5,8H2,(H,18,22)(H,19,21)(H,17,20,23). The summed E-state index contributed by atoms with van der Waals surface area (Å²) in [6.45, 7) is 0.342. The van der Waals surface area contributed by atoms with E-state index in [2.05, 4.69) is 25.5 Å². The molecule has 2 aliphatic rings. The molecule has 0 bridgehead atoms. The summed E-state index contributed by atoms with van der Waals surface area (Å²) in [6, 6.07) is 0. The maximum absolute atomic E-state index is 12.2. The van der Waals surface area contributed by atoms with Crippen LogP contribution in [-0.2, 0) is 6.54 Å². The number of amides is 1. The van der Waals surface area contributed by atoms with Crippen LogP contribution in [0.5, 0.6) is 0 Å². The Labute approximate surface area is 132 Å². The van der Waals surface area contributed by atoms with Crippen LogP contribution in [0.1, 0.15) is 71.4 Å². The van der Waals surface area contributed by atoms with Gasteiger partial charge in [-0.05, 0) is 37.2 Å². The van der Waals surface area contributed by atoms with Crippen LogP contribution in [0.25, 0.3) is 0 Å². The number of aromatic nitrogens is 4. The predicted octanol–water partition coefficient (Wildman–Crippen LogP) is 1.57. The summed E-state index contributed by atoms with van der Waals surface area (Å²) in [4.78, 5) is 31.3. The Bertz CT molecular complexity index is 786. The fourth-order valence-electron chi connectivity index (χ4n) is 2.93. The smallest absolute Gasteiger partial charge is 0.263 e. The lowest BCUT2D eigenvalue weighted by Crippen LogP contribution is -2.31. The van der Waals surface area contributed by atoms with Crippen LogP contribution in [0.4, 0.5) is 0 Å². The van der Waals surface area contributed by atoms with Gasteiger partial charge in [-0.3, -0.25) is 14.7 Å². The number of hydrogen-bond donors (Lipinski definition) is 3. The summed E-state index contributed by atoms with van der Waals surface area (Å²) in [7, 11) is 0. The lowest BCUT2D eigenvalue weighted by Gasteiger charge is -2.23. The summed E-state index contributed by atoms with van der Waals surface area (Å²) < 4.78 is 0. The Balaban J connectivity index is 1.44. The van der Waals surface area contributed by atoms with Crippen LogP contribution < -0.4 is 10.9 Å². The molecule has 0 radical (unpaired) electrons. The van der Waals surface area contributed by atoms with Gasteiger partial charge in [0.25, 0.3) is 11.5 Å². The van der Waals surface area contributed by atoms with Crippen LogP contribution in [0.3, 0.4) is 0 Å². The maximum atomic E-state index is 12.2. The molecule has 0 aliphatic heterocycles. The molecular weight excluding hydrogens is 294 g/mol. The molecule has 23 heavy (non-hydrogen) atoms. The number of H-pyrrole nitrogens is 2. The van der Waals surface area contributed by atoms with Gasteiger partial charge in [0.1, 0.15) is 11.4 Å². The Morgan fingerprint density at radius 3 is 2.70 bits per heavy atom. The highest BCUT2D eigenvalue weighted by Gasteiger charge is 2.27. The highest BCUT2D eigenvalue weighted by molar-refractivity contribution is 5.93. The van der Waals surface area contributed by atoms with E-state index in [1.54, 1.807) is 0 Å². The third-order valence-corrected chi connectivity index (χ3v) is 4.75. The maximum Gasteiger partial charge on any atom is 0.263 e. The molecule has 2 aromatic rings. The fraction of sp³-hybridized carbons (Fsp3) is 0.500. The van der Waals surface area contributed by atoms with Gasteiger partial charge in [0.15, 0.2) is 0 Å². The summed E-state index contributed by atoms with van der Waals surface area (Å²) in [5.74, 6) is 1.19. The third-order valence-electron chi connectivity index (χ3n) is 4.75. The van der Waals surface area contributed by atoms with E-state index in [-0.39, 0.29) is 11.1 Å². The zero-order valence-electron chi connectivity index (χ0n) is 12.8. The molecule has 4 rings (SSSR count). The Morgan fingerprint density at radius 1 is 1.22 bits per heavy atom. The first kappa shape index (κ1) is 14.2. The lowest BCUT2D eigenvalue weighted by molar-refractivity contribution is 0.0948. The second-order valence-electron chi connectivity index (χ2n) is 6.40. The zero-order chi connectivity index (χ0) is 15.8. The highest BCUT2D eigenvalue weighted by Crippen LogP contribution is 2.41. The molecule has 0 unspecified atom stereocenters. The molecule has 7 heteroatoms. The second-order valence-corrected chi connectivity index (χ2v) is 6.40. The van der Waals surface area contributed by atoms with E-state index in [0.29, 0.717) is 24.2 Å². The van der Waals surface area contributed by atoms with Crippen molar-refractivity contribution >= 4 is 5.91 Å². The summed E-state index contributed by atoms with van der Waals surface area (Å²) in [5.41, 5.74) is 1.76. The van der Waals surface area contributed by atoms with Crippen LogP contribution in [0.15, 0.2) is 17.2 Å². The van der Waals surface area contributed by atoms with E-state index in [1.165, 1.54) is 25.5 Å². The first-order valence-electron chi connectivity index (χ1n) is 8.12. The third kappa shape index (κ3) is 2.78. The topological polar surface area (TPSA) is 104 Å². The van der Waals surface area contributed by atoms with Crippen LogP contribution >= 0.6 is 0 Å². The normalized spacial score (nSPS) is 17.7. The molecule has 2 aliphatic carbocycles. The molecule has 0 atom stereocenters. The van der Waals surface area contributed by atoms with Crippen molar-refractivity contribution in [3.63, 3.8) is 0 Å². The molecule has 2 heterocycles. The minimum atomic E-state index is -0.407. The first-order valence-corrected chi connectivity index (χ1v) is 8.12. The molecule has 0 saturated heterocycles. The van der Waals surface area contributed by atoms with E-state index in [0.717, 1.165) is 24.1 Å². The van der Waals surface area contributed by atoms with Crippen LogP contribution in [-0.4, -0.2) is 26.1 Å².